The van der Waals surface area contributed by atoms with Crippen molar-refractivity contribution in [2.45, 2.75) is 11.4 Å². The molecule has 0 atom stereocenters. The Bertz CT molecular complexity index is 474. The summed E-state index contributed by atoms with van der Waals surface area (Å²) in [5, 5.41) is 1.22. The molecule has 1 aromatic rings. The normalized spacial score (nSPS) is 17.3. The molecule has 0 unspecified atom stereocenters. The molecular weight excluding hydrogens is 186 g/mol. The Morgan fingerprint density at radius 1 is 1.31 bits per heavy atom. The predicted molar refractivity (Wildman–Crippen MR) is 50.6 cm³/mol. The van der Waals surface area contributed by atoms with Gasteiger partial charge < -0.3 is 5.73 Å². The van der Waals surface area contributed by atoms with E-state index in [0.29, 0.717) is 10.5 Å². The van der Waals surface area contributed by atoms with E-state index < -0.39 is 9.84 Å². The fraction of sp³-hybridized carbons (Fsp3) is 0.111. The Kier molecular flexibility index (Phi) is 1.75. The third-order valence-electron chi connectivity index (χ3n) is 2.06. The molecule has 1 aromatic carbocycles. The molecule has 1 aliphatic heterocycles. The average Bonchev–Trinajstić information content (AvgIpc) is 2.43. The third kappa shape index (κ3) is 1.18. The Hall–Kier alpha value is -1.13. The highest BCUT2D eigenvalue weighted by Crippen LogP contribution is 2.29. The molecular formula is C9H9NO2S. The number of hydrogen-bond acceptors (Lipinski definition) is 3. The molecule has 0 spiro atoms. The number of fused-ring (bicyclic) bond motifs is 1. The zero-order valence-corrected chi connectivity index (χ0v) is 7.71. The van der Waals surface area contributed by atoms with Gasteiger partial charge in [-0.25, -0.2) is 8.42 Å². The van der Waals surface area contributed by atoms with Crippen LogP contribution in [0, 0.1) is 0 Å². The summed E-state index contributed by atoms with van der Waals surface area (Å²) in [5.41, 5.74) is 6.87. The summed E-state index contributed by atoms with van der Waals surface area (Å²) in [7, 11) is -3.21. The minimum Gasteiger partial charge on any atom is -0.326 e. The van der Waals surface area contributed by atoms with Crippen LogP contribution < -0.4 is 5.73 Å². The molecule has 4 heteroatoms. The number of rotatable bonds is 1. The van der Waals surface area contributed by atoms with Crippen LogP contribution in [0.2, 0.25) is 0 Å². The molecule has 0 aliphatic carbocycles. The van der Waals surface area contributed by atoms with E-state index in [0.717, 1.165) is 5.56 Å². The van der Waals surface area contributed by atoms with Crippen molar-refractivity contribution in [2.75, 3.05) is 0 Å². The summed E-state index contributed by atoms with van der Waals surface area (Å²) in [5.74, 6) is 0. The maximum atomic E-state index is 11.5. The number of hydrogen-bond donors (Lipinski definition) is 1. The largest absolute Gasteiger partial charge is 0.326 e. The summed E-state index contributed by atoms with van der Waals surface area (Å²) < 4.78 is 23.0. The van der Waals surface area contributed by atoms with Gasteiger partial charge in [-0.1, -0.05) is 18.2 Å². The minimum atomic E-state index is -3.21. The Labute approximate surface area is 76.8 Å². The van der Waals surface area contributed by atoms with Crippen molar-refractivity contribution in [1.82, 2.24) is 0 Å². The Balaban J connectivity index is 2.79. The van der Waals surface area contributed by atoms with Gasteiger partial charge in [-0.05, 0) is 17.2 Å². The molecule has 3 nitrogen and oxygen atoms in total. The quantitative estimate of drug-likeness (QED) is 0.724. The van der Waals surface area contributed by atoms with Crippen LogP contribution in [0.4, 0.5) is 0 Å². The molecule has 1 heterocycles. The van der Waals surface area contributed by atoms with E-state index in [-0.39, 0.29) is 6.54 Å². The van der Waals surface area contributed by atoms with Crippen molar-refractivity contribution in [2.24, 2.45) is 5.73 Å². The van der Waals surface area contributed by atoms with Crippen molar-refractivity contribution in [3.05, 3.63) is 34.7 Å². The summed E-state index contributed by atoms with van der Waals surface area (Å²) in [6, 6.07) is 5.32. The van der Waals surface area contributed by atoms with Gasteiger partial charge in [0.15, 0.2) is 0 Å². The van der Waals surface area contributed by atoms with Crippen molar-refractivity contribution in [1.29, 1.82) is 0 Å². The lowest BCUT2D eigenvalue weighted by molar-refractivity contribution is 0.604. The van der Waals surface area contributed by atoms with Gasteiger partial charge in [-0.2, -0.15) is 0 Å². The standard InChI is InChI=1S/C9H9NO2S/c10-6-8-3-1-2-7-4-5-13(11,12)9(7)8/h1-5H,6,10H2. The first-order chi connectivity index (χ1) is 6.15. The molecule has 13 heavy (non-hydrogen) atoms. The van der Waals surface area contributed by atoms with Crippen molar-refractivity contribution in [3.8, 4) is 0 Å². The number of sulfone groups is 1. The Morgan fingerprint density at radius 2 is 2.08 bits per heavy atom. The van der Waals surface area contributed by atoms with E-state index in [1.165, 1.54) is 5.41 Å². The van der Waals surface area contributed by atoms with E-state index in [4.69, 9.17) is 5.73 Å². The summed E-state index contributed by atoms with van der Waals surface area (Å²) in [6.45, 7) is 0.254. The molecule has 2 rings (SSSR count). The molecule has 0 fully saturated rings. The van der Waals surface area contributed by atoms with Crippen LogP contribution >= 0.6 is 0 Å². The van der Waals surface area contributed by atoms with Crippen LogP contribution in [0.25, 0.3) is 6.08 Å². The van der Waals surface area contributed by atoms with Gasteiger partial charge in [0.05, 0.1) is 4.90 Å². The highest BCUT2D eigenvalue weighted by atomic mass is 32.2. The number of benzene rings is 1. The van der Waals surface area contributed by atoms with Crippen LogP contribution in [0.5, 0.6) is 0 Å². The third-order valence-corrected chi connectivity index (χ3v) is 3.62. The molecule has 68 valence electrons. The fourth-order valence-corrected chi connectivity index (χ4v) is 2.92. The van der Waals surface area contributed by atoms with E-state index in [1.54, 1.807) is 18.2 Å². The molecule has 0 aromatic heterocycles. The van der Waals surface area contributed by atoms with Crippen LogP contribution in [0.3, 0.4) is 0 Å². The zero-order valence-electron chi connectivity index (χ0n) is 6.90. The SMILES string of the molecule is NCc1cccc2c1S(=O)(=O)C=C2. The maximum Gasteiger partial charge on any atom is 0.200 e. The lowest BCUT2D eigenvalue weighted by Gasteiger charge is -2.04. The molecule has 0 amide bonds. The van der Waals surface area contributed by atoms with Crippen molar-refractivity contribution in [3.63, 3.8) is 0 Å². The second-order valence-corrected chi connectivity index (χ2v) is 4.66. The fourth-order valence-electron chi connectivity index (χ4n) is 1.47. The van der Waals surface area contributed by atoms with Crippen molar-refractivity contribution >= 4 is 15.9 Å². The van der Waals surface area contributed by atoms with Crippen molar-refractivity contribution < 1.29 is 8.42 Å². The predicted octanol–water partition coefficient (Wildman–Crippen LogP) is 0.903. The van der Waals surface area contributed by atoms with E-state index in [2.05, 4.69) is 0 Å². The van der Waals surface area contributed by atoms with E-state index in [1.807, 2.05) is 6.07 Å². The average molecular weight is 195 g/mol. The highest BCUT2D eigenvalue weighted by molar-refractivity contribution is 7.94. The summed E-state index contributed by atoms with van der Waals surface area (Å²) in [6.07, 6.45) is 1.60. The first-order valence-electron chi connectivity index (χ1n) is 3.90. The van der Waals surface area contributed by atoms with Gasteiger partial charge in [0.2, 0.25) is 9.84 Å². The molecule has 0 saturated carbocycles. The summed E-state index contributed by atoms with van der Waals surface area (Å²) in [4.78, 5) is 0.373. The monoisotopic (exact) mass is 195 g/mol. The maximum absolute atomic E-state index is 11.5. The van der Waals surface area contributed by atoms with Crippen LogP contribution in [-0.2, 0) is 16.4 Å². The van der Waals surface area contributed by atoms with Gasteiger partial charge in [0.1, 0.15) is 0 Å². The van der Waals surface area contributed by atoms with E-state index >= 15 is 0 Å². The zero-order chi connectivity index (χ0) is 9.47. The van der Waals surface area contributed by atoms with Crippen LogP contribution in [0.15, 0.2) is 28.5 Å². The minimum absolute atomic E-state index is 0.254. The summed E-state index contributed by atoms with van der Waals surface area (Å²) >= 11 is 0. The second kappa shape index (κ2) is 2.68. The number of nitrogens with two attached hydrogens (primary N) is 1. The molecule has 0 bridgehead atoms. The van der Waals surface area contributed by atoms with E-state index in [9.17, 15) is 8.42 Å². The first kappa shape index (κ1) is 8.47. The second-order valence-electron chi connectivity index (χ2n) is 2.89. The lowest BCUT2D eigenvalue weighted by atomic mass is 10.1. The molecule has 2 N–H and O–H groups in total. The topological polar surface area (TPSA) is 60.2 Å². The highest BCUT2D eigenvalue weighted by Gasteiger charge is 2.22. The molecule has 0 radical (unpaired) electrons. The van der Waals surface area contributed by atoms with Crippen LogP contribution in [0.1, 0.15) is 11.1 Å². The molecule has 1 aliphatic rings. The van der Waals surface area contributed by atoms with Gasteiger partial charge in [-0.15, -0.1) is 0 Å². The van der Waals surface area contributed by atoms with Gasteiger partial charge in [0.25, 0.3) is 0 Å². The van der Waals surface area contributed by atoms with Crippen LogP contribution in [-0.4, -0.2) is 8.42 Å². The lowest BCUT2D eigenvalue weighted by Crippen LogP contribution is -2.04. The molecule has 0 saturated heterocycles. The van der Waals surface area contributed by atoms with Gasteiger partial charge in [-0.3, -0.25) is 0 Å². The first-order valence-corrected chi connectivity index (χ1v) is 5.45. The van der Waals surface area contributed by atoms with Gasteiger partial charge >= 0.3 is 0 Å². The smallest absolute Gasteiger partial charge is 0.200 e. The Morgan fingerprint density at radius 3 is 2.77 bits per heavy atom. The van der Waals surface area contributed by atoms with Gasteiger partial charge in [0, 0.05) is 12.0 Å².